The van der Waals surface area contributed by atoms with Gasteiger partial charge in [-0.2, -0.15) is 0 Å². The summed E-state index contributed by atoms with van der Waals surface area (Å²) in [5.74, 6) is 0.930. The number of nitrogens with zero attached hydrogens (tertiary/aromatic N) is 2. The highest BCUT2D eigenvalue weighted by Crippen LogP contribution is 2.31. The molecule has 1 saturated carbocycles. The van der Waals surface area contributed by atoms with E-state index in [9.17, 15) is 0 Å². The predicted octanol–water partition coefficient (Wildman–Crippen LogP) is 2.82. The molecule has 0 radical (unpaired) electrons. The van der Waals surface area contributed by atoms with E-state index in [-0.39, 0.29) is 0 Å². The SMILES string of the molecule is CCCNCc1cc(N(CC)CC2CC2)ccn1. The third-order valence-electron chi connectivity index (χ3n) is 3.46. The fourth-order valence-corrected chi connectivity index (χ4v) is 2.18. The second-order valence-corrected chi connectivity index (χ2v) is 5.16. The second-order valence-electron chi connectivity index (χ2n) is 5.16. The molecule has 2 rings (SSSR count). The van der Waals surface area contributed by atoms with Crippen LogP contribution in [0.15, 0.2) is 18.3 Å². The number of aromatic nitrogens is 1. The molecule has 0 unspecified atom stereocenters. The van der Waals surface area contributed by atoms with Crippen molar-refractivity contribution in [3.63, 3.8) is 0 Å². The molecular formula is C15H25N3. The van der Waals surface area contributed by atoms with E-state index in [1.165, 1.54) is 31.5 Å². The highest BCUT2D eigenvalue weighted by molar-refractivity contribution is 5.46. The Balaban J connectivity index is 1.95. The highest BCUT2D eigenvalue weighted by Gasteiger charge is 2.23. The zero-order valence-corrected chi connectivity index (χ0v) is 11.7. The van der Waals surface area contributed by atoms with Gasteiger partial charge in [-0.1, -0.05) is 6.92 Å². The van der Waals surface area contributed by atoms with Gasteiger partial charge in [0.1, 0.15) is 0 Å². The zero-order chi connectivity index (χ0) is 12.8. The van der Waals surface area contributed by atoms with Gasteiger partial charge in [-0.3, -0.25) is 4.98 Å². The molecule has 18 heavy (non-hydrogen) atoms. The number of rotatable bonds is 8. The van der Waals surface area contributed by atoms with Crippen LogP contribution in [0.25, 0.3) is 0 Å². The van der Waals surface area contributed by atoms with Crippen LogP contribution in [0.1, 0.15) is 38.8 Å². The second kappa shape index (κ2) is 6.74. The Hall–Kier alpha value is -1.09. The molecule has 3 nitrogen and oxygen atoms in total. The average molecular weight is 247 g/mol. The van der Waals surface area contributed by atoms with Crippen molar-refractivity contribution < 1.29 is 0 Å². The van der Waals surface area contributed by atoms with Crippen LogP contribution in [0.2, 0.25) is 0 Å². The van der Waals surface area contributed by atoms with E-state index < -0.39 is 0 Å². The Morgan fingerprint density at radius 2 is 2.22 bits per heavy atom. The first-order valence-corrected chi connectivity index (χ1v) is 7.24. The van der Waals surface area contributed by atoms with Crippen LogP contribution in [-0.4, -0.2) is 24.6 Å². The monoisotopic (exact) mass is 247 g/mol. The van der Waals surface area contributed by atoms with E-state index in [1.54, 1.807) is 0 Å². The first-order chi connectivity index (χ1) is 8.83. The zero-order valence-electron chi connectivity index (χ0n) is 11.7. The summed E-state index contributed by atoms with van der Waals surface area (Å²) in [7, 11) is 0. The normalized spacial score (nSPS) is 14.8. The molecule has 1 heterocycles. The summed E-state index contributed by atoms with van der Waals surface area (Å²) >= 11 is 0. The Morgan fingerprint density at radius 3 is 2.89 bits per heavy atom. The summed E-state index contributed by atoms with van der Waals surface area (Å²) in [6.07, 6.45) is 5.93. The predicted molar refractivity (Wildman–Crippen MR) is 76.8 cm³/mol. The first kappa shape index (κ1) is 13.3. The summed E-state index contributed by atoms with van der Waals surface area (Å²) in [4.78, 5) is 6.91. The van der Waals surface area contributed by atoms with E-state index in [2.05, 4.69) is 41.2 Å². The van der Waals surface area contributed by atoms with Crippen LogP contribution in [0.5, 0.6) is 0 Å². The van der Waals surface area contributed by atoms with Crippen molar-refractivity contribution in [3.05, 3.63) is 24.0 Å². The topological polar surface area (TPSA) is 28.2 Å². The van der Waals surface area contributed by atoms with Crippen molar-refractivity contribution in [2.24, 2.45) is 5.92 Å². The lowest BCUT2D eigenvalue weighted by atomic mass is 10.2. The maximum absolute atomic E-state index is 4.43. The number of anilines is 1. The fraction of sp³-hybridized carbons (Fsp3) is 0.667. The highest BCUT2D eigenvalue weighted by atomic mass is 15.1. The van der Waals surface area contributed by atoms with Gasteiger partial charge in [0.15, 0.2) is 0 Å². The van der Waals surface area contributed by atoms with Crippen LogP contribution in [0, 0.1) is 5.92 Å². The van der Waals surface area contributed by atoms with Gasteiger partial charge in [-0.25, -0.2) is 0 Å². The van der Waals surface area contributed by atoms with E-state index >= 15 is 0 Å². The molecule has 0 atom stereocenters. The average Bonchev–Trinajstić information content (AvgIpc) is 3.21. The maximum atomic E-state index is 4.43. The van der Waals surface area contributed by atoms with Crippen molar-refractivity contribution >= 4 is 5.69 Å². The van der Waals surface area contributed by atoms with Gasteiger partial charge in [0.25, 0.3) is 0 Å². The third-order valence-corrected chi connectivity index (χ3v) is 3.46. The summed E-state index contributed by atoms with van der Waals surface area (Å²) in [6, 6.07) is 4.36. The van der Waals surface area contributed by atoms with Crippen LogP contribution >= 0.6 is 0 Å². The molecular weight excluding hydrogens is 222 g/mol. The Bertz CT molecular complexity index is 361. The molecule has 100 valence electrons. The molecule has 0 bridgehead atoms. The van der Waals surface area contributed by atoms with E-state index in [0.717, 1.165) is 31.2 Å². The summed E-state index contributed by atoms with van der Waals surface area (Å²) in [6.45, 7) is 8.65. The molecule has 1 aromatic heterocycles. The molecule has 1 aliphatic rings. The van der Waals surface area contributed by atoms with E-state index in [1.807, 2.05) is 6.20 Å². The maximum Gasteiger partial charge on any atom is 0.0562 e. The minimum absolute atomic E-state index is 0.878. The number of hydrogen-bond acceptors (Lipinski definition) is 3. The van der Waals surface area contributed by atoms with Gasteiger partial charge in [0.05, 0.1) is 5.69 Å². The molecule has 0 aromatic carbocycles. The molecule has 0 amide bonds. The smallest absolute Gasteiger partial charge is 0.0562 e. The molecule has 0 spiro atoms. The van der Waals surface area contributed by atoms with Crippen LogP contribution in [0.4, 0.5) is 5.69 Å². The molecule has 1 N–H and O–H groups in total. The minimum Gasteiger partial charge on any atom is -0.371 e. The van der Waals surface area contributed by atoms with Gasteiger partial charge in [-0.05, 0) is 50.8 Å². The molecule has 1 aromatic rings. The molecule has 1 fully saturated rings. The molecule has 0 saturated heterocycles. The summed E-state index contributed by atoms with van der Waals surface area (Å²) in [5, 5.41) is 3.41. The minimum atomic E-state index is 0.878. The van der Waals surface area contributed by atoms with Crippen LogP contribution in [-0.2, 0) is 6.54 Å². The van der Waals surface area contributed by atoms with Gasteiger partial charge >= 0.3 is 0 Å². The van der Waals surface area contributed by atoms with Gasteiger partial charge in [0, 0.05) is 31.5 Å². The lowest BCUT2D eigenvalue weighted by molar-refractivity contribution is 0.663. The molecule has 3 heteroatoms. The van der Waals surface area contributed by atoms with Crippen molar-refractivity contribution in [3.8, 4) is 0 Å². The van der Waals surface area contributed by atoms with Gasteiger partial charge < -0.3 is 10.2 Å². The third kappa shape index (κ3) is 3.98. The number of pyridine rings is 1. The standard InChI is InChI=1S/C15H25N3/c1-3-8-16-11-14-10-15(7-9-17-14)18(4-2)12-13-5-6-13/h7,9-10,13,16H,3-6,8,11-12H2,1-2H3. The first-order valence-electron chi connectivity index (χ1n) is 7.24. The Morgan fingerprint density at radius 1 is 1.39 bits per heavy atom. The lowest BCUT2D eigenvalue weighted by Gasteiger charge is -2.23. The van der Waals surface area contributed by atoms with Gasteiger partial charge in [-0.15, -0.1) is 0 Å². The van der Waals surface area contributed by atoms with Crippen LogP contribution < -0.4 is 10.2 Å². The lowest BCUT2D eigenvalue weighted by Crippen LogP contribution is -2.25. The summed E-state index contributed by atoms with van der Waals surface area (Å²) in [5.41, 5.74) is 2.47. The van der Waals surface area contributed by atoms with Crippen molar-refractivity contribution in [2.75, 3.05) is 24.5 Å². The van der Waals surface area contributed by atoms with Crippen molar-refractivity contribution in [1.82, 2.24) is 10.3 Å². The summed E-state index contributed by atoms with van der Waals surface area (Å²) < 4.78 is 0. The Kier molecular flexibility index (Phi) is 5.00. The van der Waals surface area contributed by atoms with Gasteiger partial charge in [0.2, 0.25) is 0 Å². The fourth-order valence-electron chi connectivity index (χ4n) is 2.18. The molecule has 1 aliphatic carbocycles. The van der Waals surface area contributed by atoms with E-state index in [4.69, 9.17) is 0 Å². The largest absolute Gasteiger partial charge is 0.371 e. The number of hydrogen-bond donors (Lipinski definition) is 1. The quantitative estimate of drug-likeness (QED) is 0.716. The van der Waals surface area contributed by atoms with Crippen LogP contribution in [0.3, 0.4) is 0 Å². The van der Waals surface area contributed by atoms with E-state index in [0.29, 0.717) is 0 Å². The van der Waals surface area contributed by atoms with Crippen molar-refractivity contribution in [1.29, 1.82) is 0 Å². The molecule has 0 aliphatic heterocycles. The Labute approximate surface area is 111 Å². The number of nitrogens with one attached hydrogen (secondary N) is 1. The van der Waals surface area contributed by atoms with Crippen molar-refractivity contribution in [2.45, 2.75) is 39.7 Å².